The molecule has 0 N–H and O–H groups in total. The quantitative estimate of drug-likeness (QED) is 0.597. The minimum absolute atomic E-state index is 0.843. The lowest BCUT2D eigenvalue weighted by molar-refractivity contribution is 0.483. The van der Waals surface area contributed by atoms with Gasteiger partial charge in [0, 0.05) is 0 Å². The van der Waals surface area contributed by atoms with E-state index in [4.69, 9.17) is 15.8 Å². The first-order valence-corrected chi connectivity index (χ1v) is 9.59. The van der Waals surface area contributed by atoms with Crippen LogP contribution in [0.3, 0.4) is 0 Å². The maximum Gasteiger partial charge on any atom is 0.180 e. The van der Waals surface area contributed by atoms with Crippen LogP contribution >= 0.6 is 11.1 Å². The molecule has 0 aliphatic heterocycles. The molecule has 2 rings (SSSR count). The van der Waals surface area contributed by atoms with Crippen molar-refractivity contribution in [2.24, 2.45) is 0 Å². The largest absolute Gasteiger partial charge is 0.457 e. The third-order valence-electron chi connectivity index (χ3n) is 2.50. The van der Waals surface area contributed by atoms with Crippen molar-refractivity contribution in [2.45, 2.75) is 13.1 Å². The fourth-order valence-corrected chi connectivity index (χ4v) is 2.88. The van der Waals surface area contributed by atoms with Crippen LogP contribution in [0, 0.1) is 0 Å². The van der Waals surface area contributed by atoms with E-state index < -0.39 is 7.38 Å². The van der Waals surface area contributed by atoms with Gasteiger partial charge >= 0.3 is 0 Å². The summed E-state index contributed by atoms with van der Waals surface area (Å²) in [5, 5.41) is 1.19. The van der Waals surface area contributed by atoms with E-state index in [1.807, 2.05) is 48.5 Å². The van der Waals surface area contributed by atoms with E-state index in [-0.39, 0.29) is 0 Å². The molecule has 1 nitrogen and oxygen atoms in total. The molecule has 17 heavy (non-hydrogen) atoms. The SMILES string of the molecule is C[Si](C)(Cl)c1cccc(Oc2ccccc2)c1. The van der Waals surface area contributed by atoms with Gasteiger partial charge in [0.2, 0.25) is 0 Å². The van der Waals surface area contributed by atoms with Gasteiger partial charge in [0.05, 0.1) is 0 Å². The van der Waals surface area contributed by atoms with Gasteiger partial charge < -0.3 is 4.74 Å². The third-order valence-corrected chi connectivity index (χ3v) is 4.84. The monoisotopic (exact) mass is 262 g/mol. The van der Waals surface area contributed by atoms with Gasteiger partial charge in [-0.2, -0.15) is 11.1 Å². The van der Waals surface area contributed by atoms with Gasteiger partial charge in [-0.1, -0.05) is 43.4 Å². The molecule has 3 heteroatoms. The van der Waals surface area contributed by atoms with E-state index in [1.165, 1.54) is 5.19 Å². The van der Waals surface area contributed by atoms with Crippen LogP contribution in [0.1, 0.15) is 0 Å². The molecule has 0 aliphatic carbocycles. The van der Waals surface area contributed by atoms with Gasteiger partial charge in [-0.05, 0) is 29.5 Å². The molecule has 0 bridgehead atoms. The van der Waals surface area contributed by atoms with Gasteiger partial charge in [0.1, 0.15) is 11.5 Å². The molecule has 0 heterocycles. The number of hydrogen-bond acceptors (Lipinski definition) is 1. The Hall–Kier alpha value is -1.25. The highest BCUT2D eigenvalue weighted by atomic mass is 35.6. The molecule has 2 aromatic carbocycles. The van der Waals surface area contributed by atoms with Gasteiger partial charge in [0.15, 0.2) is 7.38 Å². The summed E-state index contributed by atoms with van der Waals surface area (Å²) in [7, 11) is -1.79. The van der Waals surface area contributed by atoms with Crippen molar-refractivity contribution in [3.63, 3.8) is 0 Å². The van der Waals surface area contributed by atoms with E-state index in [1.54, 1.807) is 0 Å². The zero-order valence-corrected chi connectivity index (χ0v) is 11.7. The summed E-state index contributed by atoms with van der Waals surface area (Å²) in [6, 6.07) is 17.8. The highest BCUT2D eigenvalue weighted by Gasteiger charge is 2.20. The lowest BCUT2D eigenvalue weighted by Gasteiger charge is -2.14. The Kier molecular flexibility index (Phi) is 3.55. The van der Waals surface area contributed by atoms with Crippen molar-refractivity contribution in [3.05, 3.63) is 54.6 Å². The van der Waals surface area contributed by atoms with Crippen molar-refractivity contribution in [1.82, 2.24) is 0 Å². The average molecular weight is 263 g/mol. The summed E-state index contributed by atoms with van der Waals surface area (Å²) in [6.45, 7) is 4.21. The number of rotatable bonds is 3. The Morgan fingerprint density at radius 2 is 1.53 bits per heavy atom. The van der Waals surface area contributed by atoms with Crippen molar-refractivity contribution in [1.29, 1.82) is 0 Å². The molecule has 2 aromatic rings. The van der Waals surface area contributed by atoms with Crippen molar-refractivity contribution in [2.75, 3.05) is 0 Å². The zero-order chi connectivity index (χ0) is 12.3. The summed E-state index contributed by atoms with van der Waals surface area (Å²) in [5.74, 6) is 1.69. The molecule has 0 amide bonds. The highest BCUT2D eigenvalue weighted by Crippen LogP contribution is 2.21. The molecule has 88 valence electrons. The standard InChI is InChI=1S/C14H15ClOSi/c1-17(2,15)14-10-6-9-13(11-14)16-12-7-4-3-5-8-12/h3-11H,1-2H3. The predicted octanol–water partition coefficient (Wildman–Crippen LogP) is 4.13. The van der Waals surface area contributed by atoms with Crippen LogP contribution in [0.5, 0.6) is 11.5 Å². The fourth-order valence-electron chi connectivity index (χ4n) is 1.55. The van der Waals surface area contributed by atoms with Crippen LogP contribution in [-0.4, -0.2) is 7.38 Å². The molecule has 0 aromatic heterocycles. The molecule has 0 spiro atoms. The fraction of sp³-hybridized carbons (Fsp3) is 0.143. The van der Waals surface area contributed by atoms with Crippen molar-refractivity contribution in [3.8, 4) is 11.5 Å². The Labute approximate surface area is 108 Å². The Morgan fingerprint density at radius 1 is 0.882 bits per heavy atom. The first kappa shape index (κ1) is 12.2. The summed E-state index contributed by atoms with van der Waals surface area (Å²) >= 11 is 6.42. The van der Waals surface area contributed by atoms with Gasteiger partial charge in [-0.15, -0.1) is 0 Å². The van der Waals surface area contributed by atoms with Crippen molar-refractivity contribution >= 4 is 23.6 Å². The van der Waals surface area contributed by atoms with Crippen LogP contribution in [0.2, 0.25) is 13.1 Å². The van der Waals surface area contributed by atoms with Gasteiger partial charge in [-0.25, -0.2) is 0 Å². The first-order valence-electron chi connectivity index (χ1n) is 5.58. The second-order valence-corrected chi connectivity index (χ2v) is 10.8. The molecular formula is C14H15ClOSi. The van der Waals surface area contributed by atoms with E-state index in [9.17, 15) is 0 Å². The lowest BCUT2D eigenvalue weighted by Crippen LogP contribution is -2.34. The molecular weight excluding hydrogens is 248 g/mol. The number of ether oxygens (including phenoxy) is 1. The van der Waals surface area contributed by atoms with Crippen LogP contribution in [0.15, 0.2) is 54.6 Å². The van der Waals surface area contributed by atoms with E-state index in [0.717, 1.165) is 11.5 Å². The third kappa shape index (κ3) is 3.35. The number of halogens is 1. The maximum atomic E-state index is 6.42. The highest BCUT2D eigenvalue weighted by molar-refractivity contribution is 7.26. The minimum atomic E-state index is -1.79. The molecule has 0 aliphatic rings. The minimum Gasteiger partial charge on any atom is -0.457 e. The Balaban J connectivity index is 2.23. The van der Waals surface area contributed by atoms with Crippen LogP contribution in [-0.2, 0) is 0 Å². The number of hydrogen-bond donors (Lipinski definition) is 0. The smallest absolute Gasteiger partial charge is 0.180 e. The number of para-hydroxylation sites is 1. The second-order valence-electron chi connectivity index (χ2n) is 4.42. The van der Waals surface area contributed by atoms with E-state index in [2.05, 4.69) is 19.2 Å². The maximum absolute atomic E-state index is 6.42. The zero-order valence-electron chi connectivity index (χ0n) is 9.98. The molecule has 0 atom stereocenters. The Bertz CT molecular complexity index is 491. The van der Waals surface area contributed by atoms with E-state index in [0.29, 0.717) is 0 Å². The molecule has 0 radical (unpaired) electrons. The van der Waals surface area contributed by atoms with Gasteiger partial charge in [0.25, 0.3) is 0 Å². The summed E-state index contributed by atoms with van der Waals surface area (Å²) in [4.78, 5) is 0. The lowest BCUT2D eigenvalue weighted by atomic mass is 10.3. The topological polar surface area (TPSA) is 9.23 Å². The predicted molar refractivity (Wildman–Crippen MR) is 75.9 cm³/mol. The molecule has 0 unspecified atom stereocenters. The second kappa shape index (κ2) is 4.94. The normalized spacial score (nSPS) is 11.2. The Morgan fingerprint density at radius 3 is 2.18 bits per heavy atom. The van der Waals surface area contributed by atoms with Crippen LogP contribution < -0.4 is 9.92 Å². The van der Waals surface area contributed by atoms with Crippen molar-refractivity contribution < 1.29 is 4.74 Å². The summed E-state index contributed by atoms with van der Waals surface area (Å²) < 4.78 is 5.78. The molecule has 0 fully saturated rings. The van der Waals surface area contributed by atoms with E-state index >= 15 is 0 Å². The molecule has 0 saturated heterocycles. The number of benzene rings is 2. The summed E-state index contributed by atoms with van der Waals surface area (Å²) in [5.41, 5.74) is 0. The van der Waals surface area contributed by atoms with Gasteiger partial charge in [-0.3, -0.25) is 0 Å². The van der Waals surface area contributed by atoms with Crippen LogP contribution in [0.4, 0.5) is 0 Å². The first-order chi connectivity index (χ1) is 8.05. The molecule has 0 saturated carbocycles. The van der Waals surface area contributed by atoms with Crippen LogP contribution in [0.25, 0.3) is 0 Å². The summed E-state index contributed by atoms with van der Waals surface area (Å²) in [6.07, 6.45) is 0. The average Bonchev–Trinajstić information content (AvgIpc) is 2.29.